The number of carbonyl (C=O) groups excluding carboxylic acids is 1. The molecule has 0 saturated carbocycles. The Hall–Kier alpha value is -2.50. The first-order valence-corrected chi connectivity index (χ1v) is 7.14. The second-order valence-electron chi connectivity index (χ2n) is 5.17. The minimum atomic E-state index is -0.977. The summed E-state index contributed by atoms with van der Waals surface area (Å²) in [5.74, 6) is -2.65. The minimum absolute atomic E-state index is 0.0465. The minimum Gasteiger partial charge on any atom is -0.465 e. The smallest absolute Gasteiger partial charge is 0.343 e. The van der Waals surface area contributed by atoms with Crippen LogP contribution in [0.4, 0.5) is 8.78 Å². The van der Waals surface area contributed by atoms with Crippen molar-refractivity contribution >= 4 is 5.97 Å². The highest BCUT2D eigenvalue weighted by atomic mass is 19.2. The van der Waals surface area contributed by atoms with E-state index in [2.05, 4.69) is 4.74 Å². The van der Waals surface area contributed by atoms with Gasteiger partial charge in [-0.25, -0.2) is 13.6 Å². The summed E-state index contributed by atoms with van der Waals surface area (Å²) in [5.41, 5.74) is 1.33. The van der Waals surface area contributed by atoms with E-state index in [0.717, 1.165) is 23.4 Å². The summed E-state index contributed by atoms with van der Waals surface area (Å²) in [6, 6.07) is 4.96. The van der Waals surface area contributed by atoms with E-state index in [4.69, 9.17) is 0 Å². The third-order valence-corrected chi connectivity index (χ3v) is 3.68. The number of carbonyl (C=O) groups is 1. The Morgan fingerprint density at radius 3 is 2.48 bits per heavy atom. The van der Waals surface area contributed by atoms with Gasteiger partial charge in [-0.2, -0.15) is 0 Å². The van der Waals surface area contributed by atoms with Crippen molar-refractivity contribution in [3.8, 4) is 0 Å². The molecule has 0 aliphatic rings. The molecule has 1 aromatic carbocycles. The zero-order chi connectivity index (χ0) is 17.1. The van der Waals surface area contributed by atoms with Crippen molar-refractivity contribution in [3.63, 3.8) is 0 Å². The normalized spacial score (nSPS) is 10.7. The Morgan fingerprint density at radius 2 is 1.91 bits per heavy atom. The van der Waals surface area contributed by atoms with Gasteiger partial charge in [-0.05, 0) is 42.7 Å². The van der Waals surface area contributed by atoms with E-state index in [9.17, 15) is 18.4 Å². The summed E-state index contributed by atoms with van der Waals surface area (Å²) in [7, 11) is 1.20. The number of ether oxygens (including phenoxy) is 1. The fourth-order valence-corrected chi connectivity index (χ4v) is 2.56. The topological polar surface area (TPSA) is 48.3 Å². The molecule has 0 bridgehead atoms. The number of aromatic nitrogens is 1. The molecule has 1 aromatic heterocycles. The molecule has 0 atom stereocenters. The third-order valence-electron chi connectivity index (χ3n) is 3.68. The highest BCUT2D eigenvalue weighted by molar-refractivity contribution is 5.89. The lowest BCUT2D eigenvalue weighted by Crippen LogP contribution is -2.30. The van der Waals surface area contributed by atoms with Crippen LogP contribution in [0.25, 0.3) is 0 Å². The lowest BCUT2D eigenvalue weighted by Gasteiger charge is -2.16. The maximum absolute atomic E-state index is 13.4. The third kappa shape index (κ3) is 3.31. The number of pyridine rings is 1. The van der Waals surface area contributed by atoms with Crippen LogP contribution in [0.1, 0.15) is 34.1 Å². The molecule has 0 N–H and O–H groups in total. The summed E-state index contributed by atoms with van der Waals surface area (Å²) >= 11 is 0. The van der Waals surface area contributed by atoms with Crippen LogP contribution >= 0.6 is 0 Å². The molecule has 2 aromatic rings. The molecule has 2 rings (SSSR count). The zero-order valence-corrected chi connectivity index (χ0v) is 13.2. The van der Waals surface area contributed by atoms with Gasteiger partial charge in [0.2, 0.25) is 0 Å². The van der Waals surface area contributed by atoms with Crippen molar-refractivity contribution in [1.29, 1.82) is 0 Å². The van der Waals surface area contributed by atoms with Gasteiger partial charge in [0.1, 0.15) is 5.56 Å². The van der Waals surface area contributed by atoms with E-state index in [1.54, 1.807) is 6.92 Å². The van der Waals surface area contributed by atoms with Gasteiger partial charge in [0.15, 0.2) is 11.6 Å². The molecule has 1 heterocycles. The van der Waals surface area contributed by atoms with E-state index in [1.165, 1.54) is 23.8 Å². The zero-order valence-electron chi connectivity index (χ0n) is 13.2. The van der Waals surface area contributed by atoms with Gasteiger partial charge in [0.05, 0.1) is 13.7 Å². The SMILES string of the molecule is CCc1c(C)cc(C(=O)OC)c(=O)n1Cc1ccc(F)c(F)c1. The molecule has 122 valence electrons. The number of hydrogen-bond donors (Lipinski definition) is 0. The largest absolute Gasteiger partial charge is 0.465 e. The average Bonchev–Trinajstić information content (AvgIpc) is 2.53. The molecule has 0 aliphatic carbocycles. The highest BCUT2D eigenvalue weighted by Gasteiger charge is 2.18. The van der Waals surface area contributed by atoms with Gasteiger partial charge in [0.25, 0.3) is 5.56 Å². The molecule has 0 radical (unpaired) electrons. The Bertz CT molecular complexity index is 812. The van der Waals surface area contributed by atoms with Gasteiger partial charge in [-0.1, -0.05) is 13.0 Å². The van der Waals surface area contributed by atoms with E-state index in [0.29, 0.717) is 12.0 Å². The summed E-state index contributed by atoms with van der Waals surface area (Å²) in [6.45, 7) is 3.71. The molecule has 0 spiro atoms. The van der Waals surface area contributed by atoms with Crippen molar-refractivity contribution in [2.45, 2.75) is 26.8 Å². The molecule has 0 saturated heterocycles. The van der Waals surface area contributed by atoms with Crippen LogP contribution in [-0.4, -0.2) is 17.6 Å². The van der Waals surface area contributed by atoms with Crippen molar-refractivity contribution in [1.82, 2.24) is 4.57 Å². The summed E-state index contributed by atoms with van der Waals surface area (Å²) in [4.78, 5) is 24.3. The van der Waals surface area contributed by atoms with E-state index < -0.39 is 23.2 Å². The van der Waals surface area contributed by atoms with Crippen LogP contribution in [-0.2, 0) is 17.7 Å². The molecule has 23 heavy (non-hydrogen) atoms. The number of nitrogens with zero attached hydrogens (tertiary/aromatic N) is 1. The molecule has 0 unspecified atom stereocenters. The molecule has 0 amide bonds. The van der Waals surface area contributed by atoms with E-state index >= 15 is 0 Å². The Labute approximate surface area is 132 Å². The number of benzene rings is 1. The summed E-state index contributed by atoms with van der Waals surface area (Å²) < 4.78 is 32.4. The molecule has 0 fully saturated rings. The maximum Gasteiger partial charge on any atom is 0.343 e. The molecular formula is C17H17F2NO3. The van der Waals surface area contributed by atoms with Crippen LogP contribution in [0.15, 0.2) is 29.1 Å². The molecule has 0 aliphatic heterocycles. The summed E-state index contributed by atoms with van der Waals surface area (Å²) in [5, 5.41) is 0. The Morgan fingerprint density at radius 1 is 1.22 bits per heavy atom. The quantitative estimate of drug-likeness (QED) is 0.814. The average molecular weight is 321 g/mol. The Kier molecular flexibility index (Phi) is 4.93. The van der Waals surface area contributed by atoms with Crippen LogP contribution in [0, 0.1) is 18.6 Å². The van der Waals surface area contributed by atoms with Crippen LogP contribution in [0.3, 0.4) is 0 Å². The second kappa shape index (κ2) is 6.73. The van der Waals surface area contributed by atoms with Crippen molar-refractivity contribution < 1.29 is 18.3 Å². The van der Waals surface area contributed by atoms with Gasteiger partial charge in [0, 0.05) is 5.69 Å². The predicted octanol–water partition coefficient (Wildman–Crippen LogP) is 2.83. The first-order chi connectivity index (χ1) is 10.9. The van der Waals surface area contributed by atoms with Crippen LogP contribution in [0.2, 0.25) is 0 Å². The molecule has 6 heteroatoms. The van der Waals surface area contributed by atoms with Gasteiger partial charge in [-0.3, -0.25) is 4.79 Å². The number of methoxy groups -OCH3 is 1. The maximum atomic E-state index is 13.4. The second-order valence-corrected chi connectivity index (χ2v) is 5.17. The predicted molar refractivity (Wildman–Crippen MR) is 81.6 cm³/mol. The first kappa shape index (κ1) is 16.9. The number of hydrogen-bond acceptors (Lipinski definition) is 3. The fourth-order valence-electron chi connectivity index (χ4n) is 2.56. The standard InChI is InChI=1S/C17H17F2NO3/c1-4-15-10(2)7-12(17(22)23-3)16(21)20(15)9-11-5-6-13(18)14(19)8-11/h5-8H,4,9H2,1-3H3. The van der Waals surface area contributed by atoms with Crippen LogP contribution < -0.4 is 5.56 Å². The number of aryl methyl sites for hydroxylation is 1. The van der Waals surface area contributed by atoms with Crippen molar-refractivity contribution in [2.24, 2.45) is 0 Å². The lowest BCUT2D eigenvalue weighted by molar-refractivity contribution is 0.0597. The van der Waals surface area contributed by atoms with Gasteiger partial charge >= 0.3 is 5.97 Å². The van der Waals surface area contributed by atoms with E-state index in [-0.39, 0.29) is 12.1 Å². The number of halogens is 2. The number of esters is 1. The van der Waals surface area contributed by atoms with Gasteiger partial charge in [-0.15, -0.1) is 0 Å². The highest BCUT2D eigenvalue weighted by Crippen LogP contribution is 2.14. The lowest BCUT2D eigenvalue weighted by atomic mass is 10.1. The first-order valence-electron chi connectivity index (χ1n) is 7.14. The van der Waals surface area contributed by atoms with Crippen molar-refractivity contribution in [3.05, 3.63) is 68.6 Å². The Balaban J connectivity index is 2.59. The van der Waals surface area contributed by atoms with E-state index in [1.807, 2.05) is 6.92 Å². The monoisotopic (exact) mass is 321 g/mol. The van der Waals surface area contributed by atoms with Crippen molar-refractivity contribution in [2.75, 3.05) is 7.11 Å². The van der Waals surface area contributed by atoms with Crippen LogP contribution in [0.5, 0.6) is 0 Å². The molecule has 4 nitrogen and oxygen atoms in total. The van der Waals surface area contributed by atoms with Gasteiger partial charge < -0.3 is 9.30 Å². The summed E-state index contributed by atoms with van der Waals surface area (Å²) in [6.07, 6.45) is 0.562. The molecular weight excluding hydrogens is 304 g/mol. The fraction of sp³-hybridized carbons (Fsp3) is 0.294. The number of rotatable bonds is 4.